The molecule has 3 amide bonds. The zero-order valence-corrected chi connectivity index (χ0v) is 23.0. The molecular weight excluding hydrogens is 541 g/mol. The van der Waals surface area contributed by atoms with Gasteiger partial charge in [-0.2, -0.15) is 22.0 Å². The number of hydrogen-bond acceptors (Lipinski definition) is 5. The molecule has 0 aromatic heterocycles. The number of aliphatic hydroxyl groups is 1. The van der Waals surface area contributed by atoms with Crippen molar-refractivity contribution in [2.45, 2.75) is 90.1 Å². The lowest BCUT2D eigenvalue weighted by molar-refractivity contribution is -0.138. The van der Waals surface area contributed by atoms with Crippen molar-refractivity contribution in [2.75, 3.05) is 24.6 Å². The molecule has 1 fully saturated rings. The fourth-order valence-electron chi connectivity index (χ4n) is 5.47. The van der Waals surface area contributed by atoms with Crippen LogP contribution in [0.15, 0.2) is 12.1 Å². The predicted molar refractivity (Wildman–Crippen MR) is 136 cm³/mol. The monoisotopic (exact) mass is 577 g/mol. The molecular formula is C27H36F5N3O5. The van der Waals surface area contributed by atoms with E-state index >= 15 is 0 Å². The van der Waals surface area contributed by atoms with Crippen molar-refractivity contribution in [2.24, 2.45) is 5.92 Å². The van der Waals surface area contributed by atoms with E-state index < -0.39 is 59.6 Å². The Hall–Kier alpha value is -2.96. The smallest absolute Gasteiger partial charge is 0.417 e. The van der Waals surface area contributed by atoms with Gasteiger partial charge < -0.3 is 25.0 Å². The van der Waals surface area contributed by atoms with Gasteiger partial charge in [-0.25, -0.2) is 0 Å². The van der Waals surface area contributed by atoms with Crippen molar-refractivity contribution in [3.8, 4) is 5.75 Å². The van der Waals surface area contributed by atoms with Crippen molar-refractivity contribution >= 4 is 23.4 Å². The van der Waals surface area contributed by atoms with Crippen molar-refractivity contribution in [3.63, 3.8) is 0 Å². The molecule has 8 nitrogen and oxygen atoms in total. The minimum absolute atomic E-state index is 0.0478. The molecule has 0 unspecified atom stereocenters. The van der Waals surface area contributed by atoms with Crippen molar-refractivity contribution in [1.82, 2.24) is 10.2 Å². The van der Waals surface area contributed by atoms with E-state index in [-0.39, 0.29) is 36.5 Å². The second-order valence-electron chi connectivity index (χ2n) is 11.0. The van der Waals surface area contributed by atoms with Gasteiger partial charge >= 0.3 is 12.6 Å². The summed E-state index contributed by atoms with van der Waals surface area (Å²) in [7, 11) is 0. The summed E-state index contributed by atoms with van der Waals surface area (Å²) in [5, 5.41) is 11.2. The molecule has 2 aliphatic rings. The quantitative estimate of drug-likeness (QED) is 0.425. The number of aliphatic hydroxyl groups excluding tert-OH is 1. The van der Waals surface area contributed by atoms with Crippen LogP contribution in [-0.4, -0.2) is 71.5 Å². The Morgan fingerprint density at radius 1 is 1.18 bits per heavy atom. The van der Waals surface area contributed by atoms with Crippen molar-refractivity contribution in [1.29, 1.82) is 0 Å². The Bertz CT molecular complexity index is 1100. The summed E-state index contributed by atoms with van der Waals surface area (Å²) in [4.78, 5) is 40.8. The van der Waals surface area contributed by atoms with E-state index in [2.05, 4.69) is 0 Å². The van der Waals surface area contributed by atoms with Crippen LogP contribution in [0.3, 0.4) is 0 Å². The number of halogens is 5. The number of anilines is 1. The number of nitrogens with zero attached hydrogens (tertiary/aromatic N) is 2. The number of alkyl halides is 5. The second kappa shape index (κ2) is 12.3. The first-order valence-corrected chi connectivity index (χ1v) is 13.3. The fourth-order valence-corrected chi connectivity index (χ4v) is 5.47. The Kier molecular flexibility index (Phi) is 9.69. The van der Waals surface area contributed by atoms with Crippen LogP contribution >= 0.6 is 0 Å². The summed E-state index contributed by atoms with van der Waals surface area (Å²) >= 11 is 0. The van der Waals surface area contributed by atoms with Gasteiger partial charge in [0.25, 0.3) is 17.7 Å². The van der Waals surface area contributed by atoms with E-state index in [1.807, 2.05) is 5.32 Å². The lowest BCUT2D eigenvalue weighted by Gasteiger charge is -2.41. The van der Waals surface area contributed by atoms with Gasteiger partial charge in [0.15, 0.2) is 5.60 Å². The average molecular weight is 578 g/mol. The van der Waals surface area contributed by atoms with Crippen LogP contribution < -0.4 is 15.0 Å². The highest BCUT2D eigenvalue weighted by atomic mass is 19.4. The van der Waals surface area contributed by atoms with Crippen LogP contribution in [-0.2, 0) is 15.8 Å². The number of amides is 3. The zero-order valence-electron chi connectivity index (χ0n) is 23.0. The lowest BCUT2D eigenvalue weighted by Crippen LogP contribution is -2.54. The molecule has 0 radical (unpaired) electrons. The third kappa shape index (κ3) is 6.84. The fraction of sp³-hybridized carbons (Fsp3) is 0.667. The number of benzene rings is 1. The zero-order chi connectivity index (χ0) is 30.0. The first kappa shape index (κ1) is 31.6. The standard InChI is InChI=1S/C27H36F5N3O5/c1-15(2)35(17-7-5-16(6-8-17)9-12-36)24(38)18-13-20-21(14-19(18)27(30,31)32)40-26(3,4)25(39)34(20)11-10-33-23(37)22(28)29/h13-17,22,36H,5-12H2,1-4H3,(H,33,37)/t16-,17+. The normalized spacial score (nSPS) is 20.8. The van der Waals surface area contributed by atoms with Crippen molar-refractivity contribution < 1.29 is 46.2 Å². The molecule has 0 bridgehead atoms. The number of carbonyl (C=O) groups excluding carboxylic acids is 3. The average Bonchev–Trinajstić information content (AvgIpc) is 2.85. The topological polar surface area (TPSA) is 99.2 Å². The molecule has 2 N–H and O–H groups in total. The predicted octanol–water partition coefficient (Wildman–Crippen LogP) is 4.38. The number of carbonyl (C=O) groups is 3. The van der Waals surface area contributed by atoms with E-state index in [9.17, 15) is 41.4 Å². The van der Waals surface area contributed by atoms with E-state index in [1.54, 1.807) is 13.8 Å². The summed E-state index contributed by atoms with van der Waals surface area (Å²) in [6, 6.07) is 0.923. The highest BCUT2D eigenvalue weighted by molar-refractivity contribution is 6.05. The molecule has 0 spiro atoms. The largest absolute Gasteiger partial charge is 0.476 e. The summed E-state index contributed by atoms with van der Waals surface area (Å²) in [6.07, 6.45) is -4.96. The van der Waals surface area contributed by atoms with E-state index in [0.29, 0.717) is 25.3 Å². The highest BCUT2D eigenvalue weighted by Gasteiger charge is 2.45. The number of hydrogen-bond donors (Lipinski definition) is 2. The van der Waals surface area contributed by atoms with Gasteiger partial charge in [0.2, 0.25) is 0 Å². The van der Waals surface area contributed by atoms with E-state index in [0.717, 1.165) is 23.8 Å². The molecule has 0 saturated heterocycles. The number of fused-ring (bicyclic) bond motifs is 1. The Balaban J connectivity index is 2.03. The number of rotatable bonds is 9. The van der Waals surface area contributed by atoms with E-state index in [1.165, 1.54) is 18.7 Å². The Morgan fingerprint density at radius 2 is 1.80 bits per heavy atom. The third-order valence-corrected chi connectivity index (χ3v) is 7.42. The Labute approximate surface area is 229 Å². The number of ether oxygens (including phenoxy) is 1. The number of nitrogens with one attached hydrogen (secondary N) is 1. The van der Waals surface area contributed by atoms with Crippen LogP contribution in [0, 0.1) is 5.92 Å². The van der Waals surface area contributed by atoms with Gasteiger partial charge in [0.05, 0.1) is 16.8 Å². The van der Waals surface area contributed by atoms with Gasteiger partial charge in [-0.15, -0.1) is 0 Å². The van der Waals surface area contributed by atoms with Crippen LogP contribution in [0.1, 0.15) is 75.7 Å². The molecule has 1 aromatic rings. The lowest BCUT2D eigenvalue weighted by atomic mass is 9.83. The summed E-state index contributed by atoms with van der Waals surface area (Å²) < 4.78 is 73.8. The molecule has 1 aromatic carbocycles. The maximum absolute atomic E-state index is 14.3. The van der Waals surface area contributed by atoms with Gasteiger partial charge in [0, 0.05) is 31.8 Å². The summed E-state index contributed by atoms with van der Waals surface area (Å²) in [5.41, 5.74) is -3.59. The van der Waals surface area contributed by atoms with Gasteiger partial charge in [-0.3, -0.25) is 14.4 Å². The Morgan fingerprint density at radius 3 is 2.33 bits per heavy atom. The first-order valence-electron chi connectivity index (χ1n) is 13.3. The summed E-state index contributed by atoms with van der Waals surface area (Å²) in [5.74, 6) is -3.09. The molecule has 0 atom stereocenters. The molecule has 13 heteroatoms. The van der Waals surface area contributed by atoms with Crippen molar-refractivity contribution in [3.05, 3.63) is 23.3 Å². The maximum Gasteiger partial charge on any atom is 0.417 e. The van der Waals surface area contributed by atoms with Gasteiger partial charge in [-0.1, -0.05) is 0 Å². The maximum atomic E-state index is 14.3. The van der Waals surface area contributed by atoms with Crippen LogP contribution in [0.25, 0.3) is 0 Å². The van der Waals surface area contributed by atoms with Gasteiger partial charge in [0.1, 0.15) is 5.75 Å². The molecule has 1 aliphatic heterocycles. The second-order valence-corrected chi connectivity index (χ2v) is 11.0. The molecule has 1 saturated carbocycles. The van der Waals surface area contributed by atoms with Gasteiger partial charge in [-0.05, 0) is 77.8 Å². The minimum Gasteiger partial charge on any atom is -0.476 e. The van der Waals surface area contributed by atoms with E-state index in [4.69, 9.17) is 4.74 Å². The van der Waals surface area contributed by atoms with Crippen LogP contribution in [0.4, 0.5) is 27.6 Å². The van der Waals surface area contributed by atoms with Crippen LogP contribution in [0.5, 0.6) is 5.75 Å². The third-order valence-electron chi connectivity index (χ3n) is 7.42. The van der Waals surface area contributed by atoms with Crippen LogP contribution in [0.2, 0.25) is 0 Å². The molecule has 40 heavy (non-hydrogen) atoms. The molecule has 1 aliphatic carbocycles. The summed E-state index contributed by atoms with van der Waals surface area (Å²) in [6.45, 7) is 5.45. The molecule has 1 heterocycles. The highest BCUT2D eigenvalue weighted by Crippen LogP contribution is 2.44. The first-order chi connectivity index (χ1) is 18.6. The molecule has 224 valence electrons. The molecule has 3 rings (SSSR count). The SMILES string of the molecule is CC(C)N(C(=O)c1cc2c(cc1C(F)(F)F)OC(C)(C)C(=O)N2CCNC(=O)C(F)F)[C@H]1CC[C@@H](CCO)CC1. The minimum atomic E-state index is -4.92.